The molecule has 0 saturated carbocycles. The molecule has 1 aromatic rings. The van der Waals surface area contributed by atoms with Crippen molar-refractivity contribution in [1.29, 1.82) is 0 Å². The predicted octanol–water partition coefficient (Wildman–Crippen LogP) is 1.75. The number of thioether (sulfide) groups is 1. The van der Waals surface area contributed by atoms with E-state index in [2.05, 4.69) is 16.4 Å². The molecule has 0 aliphatic rings. The first-order chi connectivity index (χ1) is 7.25. The van der Waals surface area contributed by atoms with Crippen LogP contribution in [0, 0.1) is 26.2 Å². The topological polar surface area (TPSA) is 38.1 Å². The smallest absolute Gasteiger partial charge is 0.138 e. The molecule has 3 nitrogen and oxygen atoms in total. The first-order valence-electron chi connectivity index (χ1n) is 4.89. The quantitative estimate of drug-likeness (QED) is 0.590. The van der Waals surface area contributed by atoms with Crippen LogP contribution in [0.4, 0.5) is 0 Å². The normalized spacial score (nSPS) is 10.2. The van der Waals surface area contributed by atoms with Crippen LogP contribution in [-0.4, -0.2) is 23.2 Å². The molecule has 0 aliphatic carbocycles. The number of nitrogens with one attached hydrogen (secondary N) is 1. The fraction of sp³-hybridized carbons (Fsp3) is 0.545. The second-order valence-electron chi connectivity index (χ2n) is 3.24. The van der Waals surface area contributed by atoms with E-state index in [1.54, 1.807) is 11.8 Å². The molecule has 1 N–H and O–H groups in total. The van der Waals surface area contributed by atoms with Crippen LogP contribution < -0.4 is 5.32 Å². The Labute approximate surface area is 95.0 Å². The molecule has 0 unspecified atom stereocenters. The highest BCUT2D eigenvalue weighted by Crippen LogP contribution is 2.11. The molecule has 0 aromatic carbocycles. The zero-order valence-electron chi connectivity index (χ0n) is 9.17. The summed E-state index contributed by atoms with van der Waals surface area (Å²) in [7, 11) is 0. The van der Waals surface area contributed by atoms with Crippen LogP contribution >= 0.6 is 11.8 Å². The predicted molar refractivity (Wildman–Crippen MR) is 63.8 cm³/mol. The van der Waals surface area contributed by atoms with Crippen molar-refractivity contribution in [2.24, 2.45) is 0 Å². The second-order valence-corrected chi connectivity index (χ2v) is 4.34. The number of aryl methyl sites for hydroxylation is 2. The van der Waals surface area contributed by atoms with Crippen molar-refractivity contribution in [2.45, 2.75) is 20.4 Å². The van der Waals surface area contributed by atoms with Crippen molar-refractivity contribution in [1.82, 2.24) is 10.5 Å². The fourth-order valence-corrected chi connectivity index (χ4v) is 1.79. The lowest BCUT2D eigenvalue weighted by atomic mass is 10.2. The van der Waals surface area contributed by atoms with Crippen LogP contribution in [-0.2, 0) is 6.54 Å². The van der Waals surface area contributed by atoms with Gasteiger partial charge in [0.1, 0.15) is 5.76 Å². The molecule has 0 aliphatic heterocycles. The third-order valence-electron chi connectivity index (χ3n) is 2.09. The molecular formula is C11H16N2OS. The molecule has 15 heavy (non-hydrogen) atoms. The highest BCUT2D eigenvalue weighted by atomic mass is 32.2. The van der Waals surface area contributed by atoms with Crippen LogP contribution in [0.2, 0.25) is 0 Å². The number of aromatic nitrogens is 1. The third kappa shape index (κ3) is 3.98. The van der Waals surface area contributed by atoms with Crippen LogP contribution in [0.3, 0.4) is 0 Å². The van der Waals surface area contributed by atoms with E-state index in [9.17, 15) is 0 Å². The highest BCUT2D eigenvalue weighted by Gasteiger charge is 2.07. The molecule has 1 heterocycles. The van der Waals surface area contributed by atoms with Gasteiger partial charge in [-0.25, -0.2) is 0 Å². The van der Waals surface area contributed by atoms with E-state index in [0.717, 1.165) is 41.6 Å². The van der Waals surface area contributed by atoms with Crippen molar-refractivity contribution in [2.75, 3.05) is 18.1 Å². The Balaban J connectivity index is 2.18. The Morgan fingerprint density at radius 3 is 2.93 bits per heavy atom. The largest absolute Gasteiger partial charge is 0.361 e. The van der Waals surface area contributed by atoms with E-state index in [1.807, 2.05) is 13.8 Å². The van der Waals surface area contributed by atoms with Crippen LogP contribution in [0.15, 0.2) is 4.52 Å². The van der Waals surface area contributed by atoms with Gasteiger partial charge in [0.2, 0.25) is 0 Å². The summed E-state index contributed by atoms with van der Waals surface area (Å²) in [5.41, 5.74) is 2.13. The summed E-state index contributed by atoms with van der Waals surface area (Å²) in [6.07, 6.45) is 5.15. The van der Waals surface area contributed by atoms with E-state index in [0.29, 0.717) is 0 Å². The summed E-state index contributed by atoms with van der Waals surface area (Å²) < 4.78 is 5.07. The zero-order chi connectivity index (χ0) is 11.1. The Hall–Kier alpha value is -0.920. The number of hydrogen-bond donors (Lipinski definition) is 1. The van der Waals surface area contributed by atoms with Crippen molar-refractivity contribution < 1.29 is 4.52 Å². The van der Waals surface area contributed by atoms with Crippen LogP contribution in [0.1, 0.15) is 17.0 Å². The number of hydrogen-bond acceptors (Lipinski definition) is 4. The van der Waals surface area contributed by atoms with Gasteiger partial charge in [0.25, 0.3) is 0 Å². The molecule has 0 bridgehead atoms. The number of nitrogens with zero attached hydrogens (tertiary/aromatic N) is 1. The van der Waals surface area contributed by atoms with Gasteiger partial charge in [-0.05, 0) is 13.8 Å². The number of rotatable bonds is 6. The van der Waals surface area contributed by atoms with Crippen LogP contribution in [0.5, 0.6) is 0 Å². The molecule has 82 valence electrons. The van der Waals surface area contributed by atoms with Crippen molar-refractivity contribution in [3.05, 3.63) is 17.0 Å². The minimum atomic E-state index is 0.785. The maximum Gasteiger partial charge on any atom is 0.138 e. The van der Waals surface area contributed by atoms with Gasteiger partial charge in [-0.1, -0.05) is 11.1 Å². The first-order valence-corrected chi connectivity index (χ1v) is 6.05. The molecule has 1 rings (SSSR count). The lowest BCUT2D eigenvalue weighted by molar-refractivity contribution is 0.392. The molecule has 0 radical (unpaired) electrons. The van der Waals surface area contributed by atoms with Crippen molar-refractivity contribution in [3.8, 4) is 12.3 Å². The first kappa shape index (κ1) is 12.2. The Morgan fingerprint density at radius 2 is 2.33 bits per heavy atom. The van der Waals surface area contributed by atoms with E-state index in [4.69, 9.17) is 10.9 Å². The lowest BCUT2D eigenvalue weighted by Crippen LogP contribution is -2.17. The Morgan fingerprint density at radius 1 is 1.53 bits per heavy atom. The molecule has 0 fully saturated rings. The maximum absolute atomic E-state index is 5.15. The van der Waals surface area contributed by atoms with E-state index in [-0.39, 0.29) is 0 Å². The van der Waals surface area contributed by atoms with Gasteiger partial charge in [-0.2, -0.15) is 0 Å². The average molecular weight is 224 g/mol. The highest BCUT2D eigenvalue weighted by molar-refractivity contribution is 7.99. The summed E-state index contributed by atoms with van der Waals surface area (Å²) in [5.74, 6) is 5.32. The standard InChI is InChI=1S/C11H16N2OS/c1-4-6-15-7-5-12-8-11-9(2)13-14-10(11)3/h1,12H,5-8H2,2-3H3. The van der Waals surface area contributed by atoms with Gasteiger partial charge in [0, 0.05) is 24.4 Å². The Bertz CT molecular complexity index is 321. The summed E-state index contributed by atoms with van der Waals surface area (Å²) in [6.45, 7) is 5.67. The van der Waals surface area contributed by atoms with Crippen LogP contribution in [0.25, 0.3) is 0 Å². The molecule has 4 heteroatoms. The summed E-state index contributed by atoms with van der Waals surface area (Å²) in [6, 6.07) is 0. The van der Waals surface area contributed by atoms with Crippen molar-refractivity contribution >= 4 is 11.8 Å². The molecule has 0 spiro atoms. The third-order valence-corrected chi connectivity index (χ3v) is 2.96. The molecule has 1 aromatic heterocycles. The maximum atomic E-state index is 5.15. The summed E-state index contributed by atoms with van der Waals surface area (Å²) in [4.78, 5) is 0. The minimum absolute atomic E-state index is 0.785. The average Bonchev–Trinajstić information content (AvgIpc) is 2.54. The van der Waals surface area contributed by atoms with Gasteiger partial charge in [-0.3, -0.25) is 0 Å². The summed E-state index contributed by atoms with van der Waals surface area (Å²) in [5, 5.41) is 7.24. The zero-order valence-corrected chi connectivity index (χ0v) is 9.99. The van der Waals surface area contributed by atoms with Gasteiger partial charge < -0.3 is 9.84 Å². The lowest BCUT2D eigenvalue weighted by Gasteiger charge is -2.02. The second kappa shape index (κ2) is 6.54. The van der Waals surface area contributed by atoms with E-state index >= 15 is 0 Å². The number of terminal acetylenes is 1. The molecule has 0 amide bonds. The summed E-state index contributed by atoms with van der Waals surface area (Å²) >= 11 is 1.76. The van der Waals surface area contributed by atoms with Gasteiger partial charge in [-0.15, -0.1) is 18.2 Å². The van der Waals surface area contributed by atoms with E-state index < -0.39 is 0 Å². The van der Waals surface area contributed by atoms with Crippen molar-refractivity contribution in [3.63, 3.8) is 0 Å². The van der Waals surface area contributed by atoms with E-state index in [1.165, 1.54) is 0 Å². The van der Waals surface area contributed by atoms with Gasteiger partial charge in [0.15, 0.2) is 0 Å². The van der Waals surface area contributed by atoms with Gasteiger partial charge >= 0.3 is 0 Å². The fourth-order valence-electron chi connectivity index (χ4n) is 1.24. The minimum Gasteiger partial charge on any atom is -0.361 e. The monoisotopic (exact) mass is 224 g/mol. The molecule has 0 atom stereocenters. The Kier molecular flexibility index (Phi) is 5.30. The molecular weight excluding hydrogens is 208 g/mol. The molecule has 0 saturated heterocycles. The van der Waals surface area contributed by atoms with Gasteiger partial charge in [0.05, 0.1) is 11.4 Å². The SMILES string of the molecule is C#CCSCCNCc1c(C)noc1C.